The number of pyridine rings is 1. The Kier molecular flexibility index (Phi) is 3.50. The lowest BCUT2D eigenvalue weighted by molar-refractivity contribution is -0.144. The highest BCUT2D eigenvalue weighted by Crippen LogP contribution is 2.11. The van der Waals surface area contributed by atoms with Crippen LogP contribution >= 0.6 is 0 Å². The van der Waals surface area contributed by atoms with Crippen molar-refractivity contribution in [1.82, 2.24) is 19.1 Å². The smallest absolute Gasteiger partial charge is 0.350 e. The molecule has 2 aromatic heterocycles. The number of rotatable bonds is 2. The maximum atomic E-state index is 12.4. The Hall–Kier alpha value is -2.15. The van der Waals surface area contributed by atoms with Gasteiger partial charge in [0.25, 0.3) is 0 Å². The van der Waals surface area contributed by atoms with Crippen molar-refractivity contribution in [2.75, 3.05) is 13.2 Å². The Balaban J connectivity index is 1.83. The lowest BCUT2D eigenvalue weighted by Crippen LogP contribution is -2.51. The molecule has 2 aromatic rings. The van der Waals surface area contributed by atoms with E-state index in [1.165, 1.54) is 9.08 Å². The second kappa shape index (κ2) is 5.33. The van der Waals surface area contributed by atoms with Crippen molar-refractivity contribution in [2.24, 2.45) is 0 Å². The van der Waals surface area contributed by atoms with Gasteiger partial charge in [-0.2, -0.15) is 0 Å². The van der Waals surface area contributed by atoms with E-state index in [0.717, 1.165) is 0 Å². The zero-order valence-corrected chi connectivity index (χ0v) is 12.1. The number of fused-ring (bicyclic) bond motifs is 1. The first-order chi connectivity index (χ1) is 10.1. The van der Waals surface area contributed by atoms with Crippen molar-refractivity contribution < 1.29 is 9.53 Å². The summed E-state index contributed by atoms with van der Waals surface area (Å²) in [6, 6.07) is 5.32. The van der Waals surface area contributed by atoms with E-state index in [4.69, 9.17) is 4.74 Å². The summed E-state index contributed by atoms with van der Waals surface area (Å²) in [5, 5.41) is 4.18. The number of carbonyl (C=O) groups is 1. The summed E-state index contributed by atoms with van der Waals surface area (Å²) >= 11 is 0. The van der Waals surface area contributed by atoms with Crippen LogP contribution < -0.4 is 5.69 Å². The summed E-state index contributed by atoms with van der Waals surface area (Å²) in [4.78, 5) is 26.3. The van der Waals surface area contributed by atoms with Crippen LogP contribution in [0.5, 0.6) is 0 Å². The fourth-order valence-corrected chi connectivity index (χ4v) is 2.54. The molecule has 0 radical (unpaired) electrons. The first kappa shape index (κ1) is 13.8. The summed E-state index contributed by atoms with van der Waals surface area (Å²) in [5.41, 5.74) is 0.242. The van der Waals surface area contributed by atoms with Crippen molar-refractivity contribution in [3.8, 4) is 0 Å². The highest BCUT2D eigenvalue weighted by molar-refractivity contribution is 5.76. The molecular weight excluding hydrogens is 272 g/mol. The Labute approximate surface area is 121 Å². The molecule has 112 valence electrons. The third-order valence-corrected chi connectivity index (χ3v) is 3.70. The van der Waals surface area contributed by atoms with Crippen LogP contribution in [-0.4, -0.2) is 50.3 Å². The van der Waals surface area contributed by atoms with Gasteiger partial charge < -0.3 is 9.64 Å². The number of carbonyl (C=O) groups excluding carboxylic acids is 1. The van der Waals surface area contributed by atoms with E-state index in [-0.39, 0.29) is 30.3 Å². The number of nitrogens with zero attached hydrogens (tertiary/aromatic N) is 4. The molecule has 0 saturated carbocycles. The molecule has 1 aliphatic rings. The van der Waals surface area contributed by atoms with Crippen molar-refractivity contribution in [1.29, 1.82) is 0 Å². The minimum absolute atomic E-state index is 0.0152. The standard InChI is InChI=1S/C14H18N4O3/c1-10-9-21-11(2)7-17(10)13(19)8-18-14(20)16-6-4-3-5-12(16)15-18/h3-6,10-11H,7-9H2,1-2H3. The van der Waals surface area contributed by atoms with Crippen LogP contribution in [0.2, 0.25) is 0 Å². The number of ether oxygens (including phenoxy) is 1. The number of aromatic nitrogens is 3. The Morgan fingerprint density at radius 2 is 2.24 bits per heavy atom. The lowest BCUT2D eigenvalue weighted by atomic mass is 10.2. The fourth-order valence-electron chi connectivity index (χ4n) is 2.54. The van der Waals surface area contributed by atoms with Gasteiger partial charge in [0.2, 0.25) is 5.91 Å². The molecule has 1 aliphatic heterocycles. The highest BCUT2D eigenvalue weighted by atomic mass is 16.5. The second-order valence-corrected chi connectivity index (χ2v) is 5.41. The lowest BCUT2D eigenvalue weighted by Gasteiger charge is -2.36. The van der Waals surface area contributed by atoms with Gasteiger partial charge in [0.1, 0.15) is 6.54 Å². The molecule has 1 amide bonds. The van der Waals surface area contributed by atoms with Crippen LogP contribution in [0.1, 0.15) is 13.8 Å². The molecular formula is C14H18N4O3. The predicted molar refractivity (Wildman–Crippen MR) is 76.0 cm³/mol. The van der Waals surface area contributed by atoms with Crippen molar-refractivity contribution in [3.05, 3.63) is 34.9 Å². The van der Waals surface area contributed by atoms with Crippen molar-refractivity contribution >= 4 is 11.6 Å². The molecule has 21 heavy (non-hydrogen) atoms. The summed E-state index contributed by atoms with van der Waals surface area (Å²) < 4.78 is 8.15. The summed E-state index contributed by atoms with van der Waals surface area (Å²) in [6.07, 6.45) is 1.66. The molecule has 0 spiro atoms. The molecule has 3 rings (SSSR count). The minimum atomic E-state index is -0.298. The monoisotopic (exact) mass is 290 g/mol. The maximum Gasteiger partial charge on any atom is 0.350 e. The molecule has 0 bridgehead atoms. The van der Waals surface area contributed by atoms with E-state index >= 15 is 0 Å². The van der Waals surface area contributed by atoms with E-state index in [2.05, 4.69) is 5.10 Å². The predicted octanol–water partition coefficient (Wildman–Crippen LogP) is 0.132. The first-order valence-corrected chi connectivity index (χ1v) is 7.01. The Bertz CT molecular complexity index is 720. The Morgan fingerprint density at radius 3 is 3.00 bits per heavy atom. The van der Waals surface area contributed by atoms with Gasteiger partial charge in [-0.15, -0.1) is 5.10 Å². The van der Waals surface area contributed by atoms with Crippen LogP contribution in [0, 0.1) is 0 Å². The molecule has 0 N–H and O–H groups in total. The van der Waals surface area contributed by atoms with E-state index in [1.54, 1.807) is 29.3 Å². The quantitative estimate of drug-likeness (QED) is 0.788. The molecule has 7 nitrogen and oxygen atoms in total. The van der Waals surface area contributed by atoms with Gasteiger partial charge in [-0.1, -0.05) is 6.07 Å². The minimum Gasteiger partial charge on any atom is -0.375 e. The van der Waals surface area contributed by atoms with Gasteiger partial charge in [-0.3, -0.25) is 9.20 Å². The van der Waals surface area contributed by atoms with Crippen molar-refractivity contribution in [3.63, 3.8) is 0 Å². The zero-order valence-electron chi connectivity index (χ0n) is 12.1. The summed E-state index contributed by atoms with van der Waals surface area (Å²) in [6.45, 7) is 4.89. The maximum absolute atomic E-state index is 12.4. The molecule has 0 aromatic carbocycles. The van der Waals surface area contributed by atoms with Gasteiger partial charge >= 0.3 is 5.69 Å². The summed E-state index contributed by atoms with van der Waals surface area (Å²) in [7, 11) is 0. The molecule has 1 saturated heterocycles. The topological polar surface area (TPSA) is 68.8 Å². The SMILES string of the molecule is CC1CN(C(=O)Cn2nc3ccccn3c2=O)C(C)CO1. The van der Waals surface area contributed by atoms with Crippen LogP contribution in [0.3, 0.4) is 0 Å². The zero-order chi connectivity index (χ0) is 15.0. The second-order valence-electron chi connectivity index (χ2n) is 5.41. The average molecular weight is 290 g/mol. The van der Waals surface area contributed by atoms with Gasteiger partial charge in [0.15, 0.2) is 5.65 Å². The molecule has 0 aliphatic carbocycles. The van der Waals surface area contributed by atoms with E-state index in [1.807, 2.05) is 13.8 Å². The van der Waals surface area contributed by atoms with Crippen LogP contribution in [0.4, 0.5) is 0 Å². The fraction of sp³-hybridized carbons (Fsp3) is 0.500. The van der Waals surface area contributed by atoms with Crippen molar-refractivity contribution in [2.45, 2.75) is 32.5 Å². The van der Waals surface area contributed by atoms with E-state index in [0.29, 0.717) is 18.8 Å². The third-order valence-electron chi connectivity index (χ3n) is 3.70. The summed E-state index contributed by atoms with van der Waals surface area (Å²) in [5.74, 6) is -0.108. The van der Waals surface area contributed by atoms with Gasteiger partial charge in [-0.05, 0) is 26.0 Å². The van der Waals surface area contributed by atoms with Gasteiger partial charge in [-0.25, -0.2) is 9.48 Å². The molecule has 1 fully saturated rings. The average Bonchev–Trinajstić information content (AvgIpc) is 2.78. The number of morpholine rings is 1. The first-order valence-electron chi connectivity index (χ1n) is 7.01. The molecule has 2 atom stereocenters. The number of hydrogen-bond donors (Lipinski definition) is 0. The number of amides is 1. The third kappa shape index (κ3) is 2.56. The molecule has 7 heteroatoms. The van der Waals surface area contributed by atoms with Crippen LogP contribution in [0.15, 0.2) is 29.2 Å². The largest absolute Gasteiger partial charge is 0.375 e. The highest BCUT2D eigenvalue weighted by Gasteiger charge is 2.28. The van der Waals surface area contributed by atoms with Crippen LogP contribution in [-0.2, 0) is 16.1 Å². The Morgan fingerprint density at radius 1 is 1.43 bits per heavy atom. The molecule has 2 unspecified atom stereocenters. The molecule has 3 heterocycles. The van der Waals surface area contributed by atoms with Gasteiger partial charge in [0.05, 0.1) is 18.8 Å². The van der Waals surface area contributed by atoms with Gasteiger partial charge in [0, 0.05) is 12.7 Å². The van der Waals surface area contributed by atoms with Crippen LogP contribution in [0.25, 0.3) is 5.65 Å². The number of hydrogen-bond acceptors (Lipinski definition) is 4. The van der Waals surface area contributed by atoms with E-state index in [9.17, 15) is 9.59 Å². The van der Waals surface area contributed by atoms with E-state index < -0.39 is 0 Å². The normalized spacial score (nSPS) is 22.7.